The van der Waals surface area contributed by atoms with E-state index in [1.54, 1.807) is 6.92 Å². The summed E-state index contributed by atoms with van der Waals surface area (Å²) in [4.78, 5) is 12.2. The fourth-order valence-corrected chi connectivity index (χ4v) is 2.55. The van der Waals surface area contributed by atoms with E-state index in [0.717, 1.165) is 16.5 Å². The van der Waals surface area contributed by atoms with Gasteiger partial charge in [-0.25, -0.2) is 5.43 Å². The molecule has 0 heterocycles. The second-order valence-corrected chi connectivity index (χ2v) is 5.87. The third-order valence-corrected chi connectivity index (χ3v) is 3.95. The Morgan fingerprint density at radius 2 is 1.85 bits per heavy atom. The number of carbonyl (C=O) groups excluding carboxylic acids is 1. The van der Waals surface area contributed by atoms with Crippen LogP contribution in [-0.4, -0.2) is 28.4 Å². The third kappa shape index (κ3) is 3.92. The zero-order valence-electron chi connectivity index (χ0n) is 14.2. The van der Waals surface area contributed by atoms with E-state index in [2.05, 4.69) is 15.8 Å². The first-order valence-electron chi connectivity index (χ1n) is 8.14. The van der Waals surface area contributed by atoms with Gasteiger partial charge in [0.05, 0.1) is 6.21 Å². The summed E-state index contributed by atoms with van der Waals surface area (Å²) in [6, 6.07) is 17.4. The van der Waals surface area contributed by atoms with Crippen molar-refractivity contribution in [1.29, 1.82) is 0 Å². The topological polar surface area (TPSA) is 94.0 Å². The van der Waals surface area contributed by atoms with Crippen LogP contribution in [0.3, 0.4) is 0 Å². The molecule has 0 fully saturated rings. The predicted molar refractivity (Wildman–Crippen MR) is 103 cm³/mol. The van der Waals surface area contributed by atoms with E-state index < -0.39 is 6.04 Å². The van der Waals surface area contributed by atoms with E-state index >= 15 is 0 Å². The summed E-state index contributed by atoms with van der Waals surface area (Å²) in [6.07, 6.45) is 1.32. The maximum atomic E-state index is 12.2. The van der Waals surface area contributed by atoms with E-state index in [1.807, 2.05) is 42.5 Å². The Balaban J connectivity index is 1.65. The number of aromatic hydroxyl groups is 2. The van der Waals surface area contributed by atoms with Crippen LogP contribution in [0.5, 0.6) is 11.5 Å². The normalized spacial score (nSPS) is 12.2. The van der Waals surface area contributed by atoms with Crippen molar-refractivity contribution in [2.45, 2.75) is 13.0 Å². The Morgan fingerprint density at radius 3 is 2.65 bits per heavy atom. The molecule has 0 spiro atoms. The molecule has 0 aliphatic heterocycles. The number of phenolic OH excluding ortho intramolecular Hbond substituents is 2. The molecule has 1 atom stereocenters. The summed E-state index contributed by atoms with van der Waals surface area (Å²) in [5.41, 5.74) is 3.69. The highest BCUT2D eigenvalue weighted by Gasteiger charge is 2.13. The number of hydrogen-bond acceptors (Lipinski definition) is 5. The van der Waals surface area contributed by atoms with Gasteiger partial charge in [0.25, 0.3) is 5.91 Å². The quantitative estimate of drug-likeness (QED) is 0.420. The minimum atomic E-state index is -0.508. The molecule has 0 radical (unpaired) electrons. The van der Waals surface area contributed by atoms with Crippen LogP contribution < -0.4 is 10.7 Å². The molecule has 1 unspecified atom stereocenters. The van der Waals surface area contributed by atoms with Gasteiger partial charge in [-0.1, -0.05) is 36.4 Å². The number of phenols is 2. The molecule has 3 rings (SSSR count). The highest BCUT2D eigenvalue weighted by Crippen LogP contribution is 2.23. The summed E-state index contributed by atoms with van der Waals surface area (Å²) < 4.78 is 0. The van der Waals surface area contributed by atoms with Crippen molar-refractivity contribution >= 4 is 28.6 Å². The van der Waals surface area contributed by atoms with Crippen LogP contribution in [0, 0.1) is 0 Å². The van der Waals surface area contributed by atoms with E-state index in [0.29, 0.717) is 5.56 Å². The number of nitrogens with one attached hydrogen (secondary N) is 2. The van der Waals surface area contributed by atoms with Gasteiger partial charge in [-0.15, -0.1) is 0 Å². The van der Waals surface area contributed by atoms with Crippen molar-refractivity contribution in [1.82, 2.24) is 5.43 Å². The third-order valence-electron chi connectivity index (χ3n) is 3.95. The molecule has 0 aliphatic rings. The number of anilines is 1. The molecular formula is C20H19N3O3. The number of nitrogens with zero attached hydrogens (tertiary/aromatic N) is 1. The molecule has 26 heavy (non-hydrogen) atoms. The van der Waals surface area contributed by atoms with Crippen molar-refractivity contribution in [3.8, 4) is 11.5 Å². The number of hydrazone groups is 1. The number of amides is 1. The zero-order valence-corrected chi connectivity index (χ0v) is 14.2. The molecule has 0 aliphatic carbocycles. The molecular weight excluding hydrogens is 330 g/mol. The Morgan fingerprint density at radius 1 is 1.08 bits per heavy atom. The van der Waals surface area contributed by atoms with Gasteiger partial charge in [-0.05, 0) is 30.5 Å². The zero-order chi connectivity index (χ0) is 18.5. The first-order valence-corrected chi connectivity index (χ1v) is 8.14. The number of rotatable bonds is 5. The fourth-order valence-electron chi connectivity index (χ4n) is 2.55. The molecule has 0 bridgehead atoms. The molecule has 6 heteroatoms. The highest BCUT2D eigenvalue weighted by atomic mass is 16.3. The first-order chi connectivity index (χ1) is 12.5. The van der Waals surface area contributed by atoms with Gasteiger partial charge in [0.1, 0.15) is 17.5 Å². The van der Waals surface area contributed by atoms with Crippen LogP contribution in [0.1, 0.15) is 12.5 Å². The Kier molecular flexibility index (Phi) is 5.03. The van der Waals surface area contributed by atoms with Crippen LogP contribution in [0.4, 0.5) is 5.69 Å². The van der Waals surface area contributed by atoms with Gasteiger partial charge >= 0.3 is 0 Å². The maximum absolute atomic E-state index is 12.2. The number of carbonyl (C=O) groups is 1. The lowest BCUT2D eigenvalue weighted by molar-refractivity contribution is -0.121. The van der Waals surface area contributed by atoms with Crippen molar-refractivity contribution in [3.05, 3.63) is 66.2 Å². The molecule has 3 aromatic rings. The van der Waals surface area contributed by atoms with Gasteiger partial charge in [0.15, 0.2) is 0 Å². The molecule has 1 amide bonds. The smallest absolute Gasteiger partial charge is 0.262 e. The van der Waals surface area contributed by atoms with Gasteiger partial charge in [0.2, 0.25) is 0 Å². The lowest BCUT2D eigenvalue weighted by Gasteiger charge is -2.15. The lowest BCUT2D eigenvalue weighted by atomic mass is 10.1. The summed E-state index contributed by atoms with van der Waals surface area (Å²) in [5.74, 6) is -0.478. The Hall–Kier alpha value is -3.54. The monoisotopic (exact) mass is 349 g/mol. The SMILES string of the molecule is CC(Nc1cccc2ccccc12)C(=O)N/N=C/c1ccc(O)cc1O. The van der Waals surface area contributed by atoms with E-state index in [1.165, 1.54) is 24.4 Å². The summed E-state index contributed by atoms with van der Waals surface area (Å²) in [7, 11) is 0. The van der Waals surface area contributed by atoms with Crippen molar-refractivity contribution in [3.63, 3.8) is 0 Å². The lowest BCUT2D eigenvalue weighted by Crippen LogP contribution is -2.34. The van der Waals surface area contributed by atoms with Crippen molar-refractivity contribution in [2.24, 2.45) is 5.10 Å². The molecule has 0 saturated heterocycles. The van der Waals surface area contributed by atoms with Gasteiger partial charge in [-0.2, -0.15) is 5.10 Å². The average Bonchev–Trinajstić information content (AvgIpc) is 2.63. The minimum Gasteiger partial charge on any atom is -0.508 e. The minimum absolute atomic E-state index is 0.0448. The van der Waals surface area contributed by atoms with Crippen LogP contribution in [0.15, 0.2) is 65.8 Å². The molecule has 0 saturated carbocycles. The summed E-state index contributed by atoms with van der Waals surface area (Å²) >= 11 is 0. The number of hydrogen-bond donors (Lipinski definition) is 4. The molecule has 6 nitrogen and oxygen atoms in total. The van der Waals surface area contributed by atoms with Crippen molar-refractivity contribution in [2.75, 3.05) is 5.32 Å². The standard InChI is InChI=1S/C20H19N3O3/c1-13(22-18-8-4-6-14-5-2-3-7-17(14)18)20(26)23-21-12-15-9-10-16(24)11-19(15)25/h2-13,22,24-25H,1H3,(H,23,26)/b21-12+. The molecule has 3 aromatic carbocycles. The molecule has 132 valence electrons. The number of fused-ring (bicyclic) bond motifs is 1. The Bertz CT molecular complexity index is 964. The summed E-state index contributed by atoms with van der Waals surface area (Å²) in [6.45, 7) is 1.74. The molecule has 4 N–H and O–H groups in total. The first kappa shape index (κ1) is 17.3. The average molecular weight is 349 g/mol. The van der Waals surface area contributed by atoms with Gasteiger partial charge in [-0.3, -0.25) is 4.79 Å². The van der Waals surface area contributed by atoms with Gasteiger partial charge < -0.3 is 15.5 Å². The van der Waals surface area contributed by atoms with E-state index in [-0.39, 0.29) is 17.4 Å². The van der Waals surface area contributed by atoms with Crippen molar-refractivity contribution < 1.29 is 15.0 Å². The maximum Gasteiger partial charge on any atom is 0.262 e. The van der Waals surface area contributed by atoms with E-state index in [4.69, 9.17) is 0 Å². The second kappa shape index (κ2) is 7.57. The van der Waals surface area contributed by atoms with Gasteiger partial charge in [0, 0.05) is 22.7 Å². The van der Waals surface area contributed by atoms with Crippen LogP contribution in [-0.2, 0) is 4.79 Å². The molecule has 0 aromatic heterocycles. The second-order valence-electron chi connectivity index (χ2n) is 5.87. The summed E-state index contributed by atoms with van der Waals surface area (Å²) in [5, 5.41) is 28.1. The van der Waals surface area contributed by atoms with Crippen LogP contribution >= 0.6 is 0 Å². The Labute approximate surface area is 150 Å². The van der Waals surface area contributed by atoms with E-state index in [9.17, 15) is 15.0 Å². The highest BCUT2D eigenvalue weighted by molar-refractivity contribution is 5.96. The largest absolute Gasteiger partial charge is 0.508 e. The number of benzene rings is 3. The predicted octanol–water partition coefficient (Wildman–Crippen LogP) is 3.20. The fraction of sp³-hybridized carbons (Fsp3) is 0.100. The van der Waals surface area contributed by atoms with Crippen LogP contribution in [0.2, 0.25) is 0 Å². The van der Waals surface area contributed by atoms with Crippen LogP contribution in [0.25, 0.3) is 10.8 Å².